The molecule has 0 bridgehead atoms. The Morgan fingerprint density at radius 3 is 2.39 bits per heavy atom. The lowest BCUT2D eigenvalue weighted by Gasteiger charge is -2.13. The highest BCUT2D eigenvalue weighted by atomic mass is 35.5. The van der Waals surface area contributed by atoms with Crippen molar-refractivity contribution in [1.82, 2.24) is 4.72 Å². The van der Waals surface area contributed by atoms with Gasteiger partial charge in [-0.3, -0.25) is 0 Å². The first-order chi connectivity index (χ1) is 8.49. The van der Waals surface area contributed by atoms with Crippen LogP contribution in [0.4, 0.5) is 0 Å². The molecule has 1 atom stereocenters. The summed E-state index contributed by atoms with van der Waals surface area (Å²) in [6.07, 6.45) is 0. The fourth-order valence-corrected chi connectivity index (χ4v) is 4.27. The Balaban J connectivity index is 2.19. The molecule has 0 aliphatic rings. The second-order valence-corrected chi connectivity index (χ2v) is 7.47. The zero-order chi connectivity index (χ0) is 13.2. The molecule has 0 amide bonds. The molecule has 3 nitrogen and oxygen atoms in total. The molecule has 18 heavy (non-hydrogen) atoms. The highest BCUT2D eigenvalue weighted by Gasteiger charge is 2.19. The quantitative estimate of drug-likeness (QED) is 0.940. The third kappa shape index (κ3) is 3.11. The van der Waals surface area contributed by atoms with E-state index in [9.17, 15) is 8.42 Å². The molecule has 2 rings (SSSR count). The van der Waals surface area contributed by atoms with Gasteiger partial charge in [0.15, 0.2) is 0 Å². The van der Waals surface area contributed by atoms with Crippen LogP contribution < -0.4 is 4.72 Å². The number of nitrogens with one attached hydrogen (secondary N) is 1. The average molecular weight is 302 g/mol. The lowest BCUT2D eigenvalue weighted by Crippen LogP contribution is -2.26. The summed E-state index contributed by atoms with van der Waals surface area (Å²) in [5, 5.41) is 0. The maximum atomic E-state index is 12.1. The monoisotopic (exact) mass is 301 g/mol. The van der Waals surface area contributed by atoms with Gasteiger partial charge in [-0.15, -0.1) is 11.3 Å². The number of hydrogen-bond donors (Lipinski definition) is 1. The largest absolute Gasteiger partial charge is 0.250 e. The summed E-state index contributed by atoms with van der Waals surface area (Å²) < 4.78 is 27.5. The average Bonchev–Trinajstić information content (AvgIpc) is 2.77. The Bertz CT molecular complexity index is 623. The van der Waals surface area contributed by atoms with Crippen molar-refractivity contribution in [1.29, 1.82) is 0 Å². The van der Waals surface area contributed by atoms with Crippen LogP contribution in [-0.4, -0.2) is 8.42 Å². The van der Waals surface area contributed by atoms with Gasteiger partial charge < -0.3 is 0 Å². The van der Waals surface area contributed by atoms with Gasteiger partial charge in [0.25, 0.3) is 10.0 Å². The number of halogens is 1. The van der Waals surface area contributed by atoms with Crippen molar-refractivity contribution in [3.8, 4) is 0 Å². The first kappa shape index (κ1) is 13.5. The molecule has 0 saturated heterocycles. The van der Waals surface area contributed by atoms with Gasteiger partial charge in [0.05, 0.1) is 4.34 Å². The van der Waals surface area contributed by atoms with E-state index in [1.54, 1.807) is 6.07 Å². The summed E-state index contributed by atoms with van der Waals surface area (Å²) >= 11 is 6.79. The van der Waals surface area contributed by atoms with Gasteiger partial charge in [-0.2, -0.15) is 0 Å². The maximum absolute atomic E-state index is 12.1. The third-order valence-electron chi connectivity index (χ3n) is 2.44. The molecule has 0 aliphatic heterocycles. The van der Waals surface area contributed by atoms with Gasteiger partial charge in [0.1, 0.15) is 4.21 Å². The van der Waals surface area contributed by atoms with E-state index in [1.165, 1.54) is 6.07 Å². The summed E-state index contributed by atoms with van der Waals surface area (Å²) in [4.78, 5) is 0. The van der Waals surface area contributed by atoms with Crippen molar-refractivity contribution >= 4 is 33.0 Å². The van der Waals surface area contributed by atoms with Crippen LogP contribution in [-0.2, 0) is 10.0 Å². The number of thiophene rings is 1. The third-order valence-corrected chi connectivity index (χ3v) is 5.71. The highest BCUT2D eigenvalue weighted by molar-refractivity contribution is 7.91. The molecule has 0 fully saturated rings. The summed E-state index contributed by atoms with van der Waals surface area (Å²) in [7, 11) is -3.50. The van der Waals surface area contributed by atoms with Crippen LogP contribution >= 0.6 is 22.9 Å². The topological polar surface area (TPSA) is 46.2 Å². The zero-order valence-electron chi connectivity index (χ0n) is 9.63. The minimum atomic E-state index is -3.50. The fraction of sp³-hybridized carbons (Fsp3) is 0.167. The molecular formula is C12H12ClNO2S2. The van der Waals surface area contributed by atoms with Crippen LogP contribution in [0.25, 0.3) is 0 Å². The second-order valence-electron chi connectivity index (χ2n) is 3.81. The smallest absolute Gasteiger partial charge is 0.206 e. The van der Waals surface area contributed by atoms with E-state index in [0.717, 1.165) is 16.9 Å². The van der Waals surface area contributed by atoms with E-state index in [1.807, 2.05) is 37.3 Å². The summed E-state index contributed by atoms with van der Waals surface area (Å²) in [6, 6.07) is 12.2. The van der Waals surface area contributed by atoms with Crippen LogP contribution in [0, 0.1) is 0 Å². The molecule has 0 radical (unpaired) electrons. The van der Waals surface area contributed by atoms with Crippen LogP contribution in [0.5, 0.6) is 0 Å². The van der Waals surface area contributed by atoms with Crippen molar-refractivity contribution in [2.45, 2.75) is 17.2 Å². The zero-order valence-corrected chi connectivity index (χ0v) is 12.0. The van der Waals surface area contributed by atoms with Crippen molar-refractivity contribution in [2.75, 3.05) is 0 Å². The Hall–Kier alpha value is -0.880. The minimum absolute atomic E-state index is 0.232. The van der Waals surface area contributed by atoms with E-state index in [-0.39, 0.29) is 10.3 Å². The minimum Gasteiger partial charge on any atom is -0.206 e. The van der Waals surface area contributed by atoms with Crippen LogP contribution in [0.2, 0.25) is 4.34 Å². The maximum Gasteiger partial charge on any atom is 0.250 e. The van der Waals surface area contributed by atoms with Crippen LogP contribution in [0.3, 0.4) is 0 Å². The number of rotatable bonds is 4. The standard InChI is InChI=1S/C12H12ClNO2S2/c1-9(10-5-3-2-4-6-10)14-18(15,16)12-8-7-11(13)17-12/h2-9,14H,1H3/t9-/m0/s1. The van der Waals surface area contributed by atoms with Crippen molar-refractivity contribution in [2.24, 2.45) is 0 Å². The molecule has 0 spiro atoms. The van der Waals surface area contributed by atoms with E-state index >= 15 is 0 Å². The molecule has 1 heterocycles. The summed E-state index contributed by atoms with van der Waals surface area (Å²) in [6.45, 7) is 1.81. The molecule has 1 aromatic heterocycles. The molecular weight excluding hydrogens is 290 g/mol. The number of benzene rings is 1. The van der Waals surface area contributed by atoms with Gasteiger partial charge >= 0.3 is 0 Å². The van der Waals surface area contributed by atoms with E-state index in [2.05, 4.69) is 4.72 Å². The summed E-state index contributed by atoms with van der Waals surface area (Å²) in [5.74, 6) is 0. The van der Waals surface area contributed by atoms with Gasteiger partial charge in [-0.05, 0) is 24.6 Å². The molecule has 96 valence electrons. The predicted molar refractivity (Wildman–Crippen MR) is 74.5 cm³/mol. The van der Waals surface area contributed by atoms with Gasteiger partial charge in [-0.25, -0.2) is 13.1 Å². The van der Waals surface area contributed by atoms with Gasteiger partial charge in [-0.1, -0.05) is 41.9 Å². The molecule has 6 heteroatoms. The van der Waals surface area contributed by atoms with E-state index < -0.39 is 10.0 Å². The summed E-state index contributed by atoms with van der Waals surface area (Å²) in [5.41, 5.74) is 0.920. The Morgan fingerprint density at radius 1 is 1.17 bits per heavy atom. The molecule has 0 unspecified atom stereocenters. The Morgan fingerprint density at radius 2 is 1.83 bits per heavy atom. The van der Waals surface area contributed by atoms with Crippen molar-refractivity contribution < 1.29 is 8.42 Å². The number of hydrogen-bond acceptors (Lipinski definition) is 3. The number of sulfonamides is 1. The van der Waals surface area contributed by atoms with Gasteiger partial charge in [0.2, 0.25) is 0 Å². The van der Waals surface area contributed by atoms with E-state index in [4.69, 9.17) is 11.6 Å². The van der Waals surface area contributed by atoms with Crippen molar-refractivity contribution in [3.05, 3.63) is 52.4 Å². The van der Waals surface area contributed by atoms with Crippen molar-refractivity contribution in [3.63, 3.8) is 0 Å². The first-order valence-corrected chi connectivity index (χ1v) is 7.99. The molecule has 1 aromatic carbocycles. The first-order valence-electron chi connectivity index (χ1n) is 5.31. The molecule has 2 aromatic rings. The predicted octanol–water partition coefficient (Wildman–Crippen LogP) is 3.44. The molecule has 0 saturated carbocycles. The Labute approximate surface area is 115 Å². The molecule has 0 aliphatic carbocycles. The Kier molecular flexibility index (Phi) is 4.07. The fourth-order valence-electron chi connectivity index (χ4n) is 1.54. The normalized spacial score (nSPS) is 13.4. The molecule has 1 N–H and O–H groups in total. The van der Waals surface area contributed by atoms with Crippen LogP contribution in [0.15, 0.2) is 46.7 Å². The lowest BCUT2D eigenvalue weighted by atomic mass is 10.1. The van der Waals surface area contributed by atoms with Gasteiger partial charge in [0, 0.05) is 6.04 Å². The second kappa shape index (κ2) is 5.40. The lowest BCUT2D eigenvalue weighted by molar-refractivity contribution is 0.569. The van der Waals surface area contributed by atoms with E-state index in [0.29, 0.717) is 4.34 Å². The SMILES string of the molecule is C[C@H](NS(=O)(=O)c1ccc(Cl)s1)c1ccccc1. The highest BCUT2D eigenvalue weighted by Crippen LogP contribution is 2.26. The van der Waals surface area contributed by atoms with Crippen LogP contribution in [0.1, 0.15) is 18.5 Å².